The van der Waals surface area contributed by atoms with Gasteiger partial charge >= 0.3 is 0 Å². The lowest BCUT2D eigenvalue weighted by Crippen LogP contribution is -2.48. The average Bonchev–Trinajstić information content (AvgIpc) is 3.06. The number of halogens is 2. The highest BCUT2D eigenvalue weighted by molar-refractivity contribution is 7.13. The van der Waals surface area contributed by atoms with Crippen molar-refractivity contribution in [2.45, 2.75) is 0 Å². The molecule has 1 fully saturated rings. The van der Waals surface area contributed by atoms with Crippen LogP contribution in [0.4, 0.5) is 10.8 Å². The number of nitrogens with zero attached hydrogens (tertiary/aromatic N) is 3. The van der Waals surface area contributed by atoms with Gasteiger partial charge in [0.1, 0.15) is 5.69 Å². The molecule has 0 radical (unpaired) electrons. The second-order valence-electron chi connectivity index (χ2n) is 5.17. The highest BCUT2D eigenvalue weighted by Crippen LogP contribution is 2.28. The molecule has 0 saturated carbocycles. The number of rotatable bonds is 3. The number of hydrogen-bond donors (Lipinski definition) is 1. The molecule has 0 atom stereocenters. The lowest BCUT2D eigenvalue weighted by atomic mass is 10.2. The Balaban J connectivity index is 1.63. The van der Waals surface area contributed by atoms with Crippen molar-refractivity contribution in [2.75, 3.05) is 43.4 Å². The van der Waals surface area contributed by atoms with E-state index in [-0.39, 0.29) is 5.91 Å². The molecule has 0 bridgehead atoms. The van der Waals surface area contributed by atoms with Crippen molar-refractivity contribution in [3.8, 4) is 0 Å². The summed E-state index contributed by atoms with van der Waals surface area (Å²) in [5.74, 6) is -0.0171. The maximum atomic E-state index is 12.5. The molecule has 1 aliphatic heterocycles. The van der Waals surface area contributed by atoms with Gasteiger partial charge in [0.25, 0.3) is 5.91 Å². The van der Waals surface area contributed by atoms with Gasteiger partial charge in [0.05, 0.1) is 10.0 Å². The van der Waals surface area contributed by atoms with Crippen LogP contribution in [0.2, 0.25) is 10.0 Å². The fraction of sp³-hybridized carbons (Fsp3) is 0.333. The molecule has 122 valence electrons. The molecule has 8 heteroatoms. The summed E-state index contributed by atoms with van der Waals surface area (Å²) in [4.78, 5) is 20.8. The van der Waals surface area contributed by atoms with Crippen LogP contribution in [-0.2, 0) is 0 Å². The third-order valence-corrected chi connectivity index (χ3v) is 5.37. The zero-order valence-electron chi connectivity index (χ0n) is 12.6. The molecule has 1 saturated heterocycles. The van der Waals surface area contributed by atoms with Crippen LogP contribution in [0.3, 0.4) is 0 Å². The standard InChI is InChI=1S/C15H16Cl2N4OS/c1-18-15-19-13(9-23-15)14(22)21-6-4-20(5-7-21)10-2-3-11(16)12(17)8-10/h2-3,8-9H,4-7H2,1H3,(H,18,19). The summed E-state index contributed by atoms with van der Waals surface area (Å²) < 4.78 is 0. The van der Waals surface area contributed by atoms with Gasteiger partial charge in [-0.05, 0) is 18.2 Å². The highest BCUT2D eigenvalue weighted by Gasteiger charge is 2.24. The summed E-state index contributed by atoms with van der Waals surface area (Å²) in [6.07, 6.45) is 0. The number of benzene rings is 1. The van der Waals surface area contributed by atoms with Crippen molar-refractivity contribution in [1.82, 2.24) is 9.88 Å². The van der Waals surface area contributed by atoms with Gasteiger partial charge in [0.15, 0.2) is 5.13 Å². The van der Waals surface area contributed by atoms with Gasteiger partial charge in [-0.25, -0.2) is 4.98 Å². The zero-order valence-corrected chi connectivity index (χ0v) is 14.9. The van der Waals surface area contributed by atoms with Crippen LogP contribution in [0, 0.1) is 0 Å². The number of nitrogens with one attached hydrogen (secondary N) is 1. The summed E-state index contributed by atoms with van der Waals surface area (Å²) in [7, 11) is 1.79. The first-order chi connectivity index (χ1) is 11.1. The molecule has 0 unspecified atom stereocenters. The molecule has 0 spiro atoms. The Morgan fingerprint density at radius 3 is 2.57 bits per heavy atom. The number of amides is 1. The minimum absolute atomic E-state index is 0.0171. The van der Waals surface area contributed by atoms with Gasteiger partial charge in [0, 0.05) is 44.3 Å². The average molecular weight is 371 g/mol. The minimum atomic E-state index is -0.0171. The Kier molecular flexibility index (Phi) is 4.94. The molecular weight excluding hydrogens is 355 g/mol. The first kappa shape index (κ1) is 16.4. The van der Waals surface area contributed by atoms with E-state index < -0.39 is 0 Å². The quantitative estimate of drug-likeness (QED) is 0.898. The molecule has 1 aromatic carbocycles. The topological polar surface area (TPSA) is 48.5 Å². The summed E-state index contributed by atoms with van der Waals surface area (Å²) in [6.45, 7) is 2.83. The van der Waals surface area contributed by atoms with Gasteiger partial charge < -0.3 is 15.1 Å². The maximum absolute atomic E-state index is 12.5. The smallest absolute Gasteiger partial charge is 0.273 e. The van der Waals surface area contributed by atoms with Crippen molar-refractivity contribution >= 4 is 51.3 Å². The molecule has 2 heterocycles. The van der Waals surface area contributed by atoms with E-state index >= 15 is 0 Å². The number of hydrogen-bond acceptors (Lipinski definition) is 5. The summed E-state index contributed by atoms with van der Waals surface area (Å²) >= 11 is 13.5. The van der Waals surface area contributed by atoms with E-state index in [0.29, 0.717) is 28.8 Å². The Morgan fingerprint density at radius 1 is 1.22 bits per heavy atom. The number of anilines is 2. The fourth-order valence-electron chi connectivity index (χ4n) is 2.50. The van der Waals surface area contributed by atoms with Crippen LogP contribution in [0.5, 0.6) is 0 Å². The molecule has 1 aromatic heterocycles. The Hall–Kier alpha value is -1.50. The summed E-state index contributed by atoms with van der Waals surface area (Å²) in [5, 5.41) is 6.59. The van der Waals surface area contributed by atoms with Crippen LogP contribution in [0.15, 0.2) is 23.6 Å². The largest absolute Gasteiger partial charge is 0.368 e. The second-order valence-corrected chi connectivity index (χ2v) is 6.84. The van der Waals surface area contributed by atoms with Crippen LogP contribution in [0.1, 0.15) is 10.5 Å². The van der Waals surface area contributed by atoms with E-state index in [2.05, 4.69) is 15.2 Å². The highest BCUT2D eigenvalue weighted by atomic mass is 35.5. The zero-order chi connectivity index (χ0) is 16.4. The fourth-order valence-corrected chi connectivity index (χ4v) is 3.44. The van der Waals surface area contributed by atoms with E-state index in [4.69, 9.17) is 23.2 Å². The third-order valence-electron chi connectivity index (χ3n) is 3.77. The summed E-state index contributed by atoms with van der Waals surface area (Å²) in [5.41, 5.74) is 1.53. The molecule has 2 aromatic rings. The normalized spacial score (nSPS) is 14.9. The number of piperazine rings is 1. The monoisotopic (exact) mass is 370 g/mol. The predicted molar refractivity (Wildman–Crippen MR) is 96.2 cm³/mol. The van der Waals surface area contributed by atoms with Crippen LogP contribution < -0.4 is 10.2 Å². The van der Waals surface area contributed by atoms with Crippen molar-refractivity contribution < 1.29 is 4.79 Å². The Labute approximate surface area is 148 Å². The van der Waals surface area contributed by atoms with Crippen LogP contribution >= 0.6 is 34.5 Å². The number of carbonyl (C=O) groups is 1. The number of aromatic nitrogens is 1. The molecule has 1 N–H and O–H groups in total. The lowest BCUT2D eigenvalue weighted by Gasteiger charge is -2.36. The SMILES string of the molecule is CNc1nc(C(=O)N2CCN(c3ccc(Cl)c(Cl)c3)CC2)cs1. The lowest BCUT2D eigenvalue weighted by molar-refractivity contribution is 0.0742. The summed E-state index contributed by atoms with van der Waals surface area (Å²) in [6, 6.07) is 5.61. The second kappa shape index (κ2) is 6.95. The van der Waals surface area contributed by atoms with E-state index in [1.807, 2.05) is 17.0 Å². The first-order valence-electron chi connectivity index (χ1n) is 7.21. The number of carbonyl (C=O) groups excluding carboxylic acids is 1. The van der Waals surface area contributed by atoms with Crippen molar-refractivity contribution in [3.63, 3.8) is 0 Å². The van der Waals surface area contributed by atoms with Crippen molar-refractivity contribution in [3.05, 3.63) is 39.3 Å². The molecular formula is C15H16Cl2N4OS. The molecule has 3 rings (SSSR count). The molecule has 5 nitrogen and oxygen atoms in total. The molecule has 23 heavy (non-hydrogen) atoms. The van der Waals surface area contributed by atoms with Gasteiger partial charge in [-0.3, -0.25) is 4.79 Å². The van der Waals surface area contributed by atoms with Gasteiger partial charge in [-0.15, -0.1) is 11.3 Å². The number of thiazole rings is 1. The van der Waals surface area contributed by atoms with Gasteiger partial charge in [0.2, 0.25) is 0 Å². The Bertz CT molecular complexity index is 713. The van der Waals surface area contributed by atoms with Crippen LogP contribution in [-0.4, -0.2) is 49.0 Å². The van der Waals surface area contributed by atoms with E-state index in [9.17, 15) is 4.79 Å². The van der Waals surface area contributed by atoms with Crippen molar-refractivity contribution in [1.29, 1.82) is 0 Å². The molecule has 0 aliphatic carbocycles. The molecule has 1 amide bonds. The Morgan fingerprint density at radius 2 is 1.96 bits per heavy atom. The first-order valence-corrected chi connectivity index (χ1v) is 8.84. The maximum Gasteiger partial charge on any atom is 0.273 e. The molecule has 1 aliphatic rings. The van der Waals surface area contributed by atoms with Crippen LogP contribution in [0.25, 0.3) is 0 Å². The van der Waals surface area contributed by atoms with E-state index in [1.165, 1.54) is 11.3 Å². The van der Waals surface area contributed by atoms with Gasteiger partial charge in [-0.1, -0.05) is 23.2 Å². The van der Waals surface area contributed by atoms with E-state index in [0.717, 1.165) is 23.9 Å². The van der Waals surface area contributed by atoms with Gasteiger partial charge in [-0.2, -0.15) is 0 Å². The third kappa shape index (κ3) is 3.54. The van der Waals surface area contributed by atoms with E-state index in [1.54, 1.807) is 18.5 Å². The minimum Gasteiger partial charge on any atom is -0.368 e. The van der Waals surface area contributed by atoms with Crippen molar-refractivity contribution in [2.24, 2.45) is 0 Å². The predicted octanol–water partition coefficient (Wildman–Crippen LogP) is 3.45.